The summed E-state index contributed by atoms with van der Waals surface area (Å²) in [5.74, 6) is 0.215. The molecule has 0 unspecified atom stereocenters. The number of allylic oxidation sites excluding steroid dienone is 3. The number of nitrogens with one attached hydrogen (secondary N) is 1. The van der Waals surface area contributed by atoms with Crippen LogP contribution in [0, 0.1) is 0 Å². The average Bonchev–Trinajstić information content (AvgIpc) is 2.46. The number of hydrogen-bond donors (Lipinski definition) is 2. The van der Waals surface area contributed by atoms with Crippen molar-refractivity contribution in [2.75, 3.05) is 14.1 Å². The molecule has 98 valence electrons. The minimum Gasteiger partial charge on any atom is -0.506 e. The monoisotopic (exact) mass is 254 g/mol. The molecule has 0 saturated heterocycles. The van der Waals surface area contributed by atoms with Gasteiger partial charge in [-0.1, -0.05) is 36.4 Å². The molecule has 2 rings (SSSR count). The molecule has 0 bridgehead atoms. The molecule has 0 aromatic heterocycles. The van der Waals surface area contributed by atoms with E-state index in [9.17, 15) is 5.11 Å². The van der Waals surface area contributed by atoms with E-state index in [1.165, 1.54) is 0 Å². The van der Waals surface area contributed by atoms with Gasteiger partial charge in [0.25, 0.3) is 0 Å². The van der Waals surface area contributed by atoms with Crippen molar-refractivity contribution in [3.05, 3.63) is 77.5 Å². The Hall–Kier alpha value is -2.42. The summed E-state index contributed by atoms with van der Waals surface area (Å²) in [6.45, 7) is 0. The van der Waals surface area contributed by atoms with Crippen LogP contribution in [0.25, 0.3) is 6.08 Å². The highest BCUT2D eigenvalue weighted by molar-refractivity contribution is 5.53. The standard InChI is InChI=1S/C16H18N2O/c1-18(2)14-10-11-17-15(12-14)16(19)9-8-13-6-4-3-5-7-13/h3-12,17,19H,1-2H3/b9-8+,16-15+. The van der Waals surface area contributed by atoms with E-state index in [0.29, 0.717) is 5.70 Å². The van der Waals surface area contributed by atoms with Crippen molar-refractivity contribution in [1.82, 2.24) is 10.2 Å². The lowest BCUT2D eigenvalue weighted by Gasteiger charge is -2.18. The Labute approximate surface area is 113 Å². The molecular weight excluding hydrogens is 236 g/mol. The second kappa shape index (κ2) is 5.96. The molecule has 0 fully saturated rings. The van der Waals surface area contributed by atoms with Crippen LogP contribution < -0.4 is 5.32 Å². The van der Waals surface area contributed by atoms with Crippen LogP contribution >= 0.6 is 0 Å². The molecule has 3 heteroatoms. The summed E-state index contributed by atoms with van der Waals surface area (Å²) < 4.78 is 0. The predicted octanol–water partition coefficient (Wildman–Crippen LogP) is 3.03. The number of rotatable bonds is 3. The minimum atomic E-state index is 0.215. The molecule has 1 aromatic carbocycles. The first-order valence-corrected chi connectivity index (χ1v) is 6.15. The van der Waals surface area contributed by atoms with E-state index in [-0.39, 0.29) is 5.76 Å². The Morgan fingerprint density at radius 3 is 2.63 bits per heavy atom. The van der Waals surface area contributed by atoms with Crippen LogP contribution in [0.3, 0.4) is 0 Å². The SMILES string of the molecule is CN(C)C1=C/C(=C(O)/C=C/c2ccccc2)NC=C1. The van der Waals surface area contributed by atoms with Gasteiger partial charge in [-0.05, 0) is 23.8 Å². The highest BCUT2D eigenvalue weighted by Gasteiger charge is 2.06. The van der Waals surface area contributed by atoms with Gasteiger partial charge in [0.1, 0.15) is 5.76 Å². The smallest absolute Gasteiger partial charge is 0.139 e. The van der Waals surface area contributed by atoms with Crippen LogP contribution in [-0.2, 0) is 0 Å². The largest absolute Gasteiger partial charge is 0.506 e. The van der Waals surface area contributed by atoms with Crippen LogP contribution in [0.4, 0.5) is 0 Å². The molecule has 2 N–H and O–H groups in total. The normalized spacial score (nSPS) is 17.1. The molecular formula is C16H18N2O. The van der Waals surface area contributed by atoms with Gasteiger partial charge in [-0.15, -0.1) is 0 Å². The summed E-state index contributed by atoms with van der Waals surface area (Å²) in [5, 5.41) is 13.1. The fraction of sp³-hybridized carbons (Fsp3) is 0.125. The van der Waals surface area contributed by atoms with E-state index < -0.39 is 0 Å². The van der Waals surface area contributed by atoms with Crippen LogP contribution in [0.15, 0.2) is 71.9 Å². The molecule has 0 atom stereocenters. The zero-order chi connectivity index (χ0) is 13.7. The van der Waals surface area contributed by atoms with Gasteiger partial charge in [0.2, 0.25) is 0 Å². The number of nitrogens with zero attached hydrogens (tertiary/aromatic N) is 1. The Morgan fingerprint density at radius 2 is 1.95 bits per heavy atom. The average molecular weight is 254 g/mol. The second-order valence-electron chi connectivity index (χ2n) is 4.48. The van der Waals surface area contributed by atoms with E-state index in [4.69, 9.17) is 0 Å². The third kappa shape index (κ3) is 3.52. The van der Waals surface area contributed by atoms with Gasteiger partial charge in [-0.3, -0.25) is 0 Å². The summed E-state index contributed by atoms with van der Waals surface area (Å²) >= 11 is 0. The summed E-state index contributed by atoms with van der Waals surface area (Å²) in [6, 6.07) is 9.88. The highest BCUT2D eigenvalue weighted by atomic mass is 16.3. The molecule has 0 radical (unpaired) electrons. The van der Waals surface area contributed by atoms with Gasteiger partial charge in [-0.2, -0.15) is 0 Å². The Morgan fingerprint density at radius 1 is 1.21 bits per heavy atom. The van der Waals surface area contributed by atoms with Crippen LogP contribution in [-0.4, -0.2) is 24.1 Å². The minimum absolute atomic E-state index is 0.215. The first kappa shape index (κ1) is 13.0. The summed E-state index contributed by atoms with van der Waals surface area (Å²) in [6.07, 6.45) is 9.26. The van der Waals surface area contributed by atoms with Crippen molar-refractivity contribution in [2.45, 2.75) is 0 Å². The fourth-order valence-corrected chi connectivity index (χ4v) is 1.71. The second-order valence-corrected chi connectivity index (χ2v) is 4.48. The van der Waals surface area contributed by atoms with E-state index in [1.54, 1.807) is 6.08 Å². The Balaban J connectivity index is 2.19. The maximum atomic E-state index is 10.1. The maximum absolute atomic E-state index is 10.1. The number of likely N-dealkylation sites (N-methyl/N-ethyl adjacent to an activating group) is 1. The number of benzene rings is 1. The van der Waals surface area contributed by atoms with Crippen molar-refractivity contribution >= 4 is 6.08 Å². The van der Waals surface area contributed by atoms with Gasteiger partial charge in [0, 0.05) is 26.0 Å². The maximum Gasteiger partial charge on any atom is 0.139 e. The van der Waals surface area contributed by atoms with Gasteiger partial charge in [-0.25, -0.2) is 0 Å². The molecule has 1 aliphatic rings. The zero-order valence-electron chi connectivity index (χ0n) is 11.2. The summed E-state index contributed by atoms with van der Waals surface area (Å²) in [4.78, 5) is 1.99. The quantitative estimate of drug-likeness (QED) is 0.814. The third-order valence-corrected chi connectivity index (χ3v) is 2.81. The molecule has 0 saturated carbocycles. The first-order valence-electron chi connectivity index (χ1n) is 6.15. The van der Waals surface area contributed by atoms with Crippen LogP contribution in [0.2, 0.25) is 0 Å². The molecule has 19 heavy (non-hydrogen) atoms. The topological polar surface area (TPSA) is 35.5 Å². The number of hydrogen-bond acceptors (Lipinski definition) is 3. The van der Waals surface area contributed by atoms with E-state index in [0.717, 1.165) is 11.3 Å². The lowest BCUT2D eigenvalue weighted by Crippen LogP contribution is -2.17. The van der Waals surface area contributed by atoms with Crippen molar-refractivity contribution in [2.24, 2.45) is 0 Å². The third-order valence-electron chi connectivity index (χ3n) is 2.81. The molecule has 1 aliphatic heterocycles. The van der Waals surface area contributed by atoms with Gasteiger partial charge < -0.3 is 15.3 Å². The molecule has 0 spiro atoms. The molecule has 1 heterocycles. The van der Waals surface area contributed by atoms with Crippen molar-refractivity contribution in [3.8, 4) is 0 Å². The van der Waals surface area contributed by atoms with Gasteiger partial charge in [0.15, 0.2) is 0 Å². The Kier molecular flexibility index (Phi) is 4.08. The first-order chi connectivity index (χ1) is 9.16. The predicted molar refractivity (Wildman–Crippen MR) is 79.2 cm³/mol. The van der Waals surface area contributed by atoms with Crippen LogP contribution in [0.5, 0.6) is 0 Å². The molecule has 0 amide bonds. The summed E-state index contributed by atoms with van der Waals surface area (Å²) in [7, 11) is 3.94. The fourth-order valence-electron chi connectivity index (χ4n) is 1.71. The highest BCUT2D eigenvalue weighted by Crippen LogP contribution is 2.13. The molecule has 0 aliphatic carbocycles. The van der Waals surface area contributed by atoms with E-state index >= 15 is 0 Å². The van der Waals surface area contributed by atoms with Crippen molar-refractivity contribution in [1.29, 1.82) is 0 Å². The van der Waals surface area contributed by atoms with Crippen molar-refractivity contribution in [3.63, 3.8) is 0 Å². The lowest BCUT2D eigenvalue weighted by molar-refractivity contribution is 0.423. The molecule has 1 aromatic rings. The Bertz CT molecular complexity index is 551. The molecule has 3 nitrogen and oxygen atoms in total. The summed E-state index contributed by atoms with van der Waals surface area (Å²) in [5.41, 5.74) is 2.78. The number of dihydropyridines is 1. The van der Waals surface area contributed by atoms with Gasteiger partial charge >= 0.3 is 0 Å². The van der Waals surface area contributed by atoms with Gasteiger partial charge in [0.05, 0.1) is 5.70 Å². The van der Waals surface area contributed by atoms with Crippen molar-refractivity contribution < 1.29 is 5.11 Å². The van der Waals surface area contributed by atoms with E-state index in [2.05, 4.69) is 5.32 Å². The van der Waals surface area contributed by atoms with Crippen LogP contribution in [0.1, 0.15) is 5.56 Å². The van der Waals surface area contributed by atoms with E-state index in [1.807, 2.05) is 73.8 Å². The number of aliphatic hydroxyl groups is 1. The lowest BCUT2D eigenvalue weighted by atomic mass is 10.2. The zero-order valence-corrected chi connectivity index (χ0v) is 11.2. The number of aliphatic hydroxyl groups excluding tert-OH is 1.